The Hall–Kier alpha value is -3.33. The van der Waals surface area contributed by atoms with Crippen molar-refractivity contribution in [1.82, 2.24) is 4.90 Å². The van der Waals surface area contributed by atoms with Crippen LogP contribution >= 0.6 is 11.8 Å². The van der Waals surface area contributed by atoms with Crippen molar-refractivity contribution in [2.45, 2.75) is 17.4 Å². The molecule has 2 aromatic rings. The molecule has 0 fully saturated rings. The molecule has 3 amide bonds. The van der Waals surface area contributed by atoms with Crippen LogP contribution in [0.5, 0.6) is 0 Å². The number of nitrogens with zero attached hydrogens (tertiary/aromatic N) is 3. The molecule has 3 N–H and O–H groups in total. The molecule has 3 rings (SSSR count). The third-order valence-corrected chi connectivity index (χ3v) is 5.33. The number of primary amides is 1. The van der Waals surface area contributed by atoms with Crippen molar-refractivity contribution in [3.63, 3.8) is 0 Å². The van der Waals surface area contributed by atoms with E-state index in [1.54, 1.807) is 50.5 Å². The minimum absolute atomic E-state index is 0.0992. The van der Waals surface area contributed by atoms with Gasteiger partial charge < -0.3 is 16.0 Å². The highest BCUT2D eigenvalue weighted by Crippen LogP contribution is 2.29. The van der Waals surface area contributed by atoms with Crippen LogP contribution in [0.3, 0.4) is 0 Å². The molecule has 1 unspecified atom stereocenters. The Morgan fingerprint density at radius 2 is 1.76 bits per heavy atom. The van der Waals surface area contributed by atoms with Crippen molar-refractivity contribution in [2.24, 2.45) is 10.8 Å². The number of thioether (sulfide) groups is 1. The lowest BCUT2D eigenvalue weighted by Crippen LogP contribution is -2.39. The first kappa shape index (κ1) is 20.4. The number of amides is 3. The Morgan fingerprint density at radius 3 is 2.41 bits per heavy atom. The summed E-state index contributed by atoms with van der Waals surface area (Å²) in [5, 5.41) is 8.43. The van der Waals surface area contributed by atoms with Gasteiger partial charge in [-0.1, -0.05) is 30.3 Å². The Labute approximate surface area is 172 Å². The van der Waals surface area contributed by atoms with Crippen molar-refractivity contribution in [3.8, 4) is 0 Å². The second-order valence-electron chi connectivity index (χ2n) is 6.56. The number of carbonyl (C=O) groups is 3. The lowest BCUT2D eigenvalue weighted by molar-refractivity contribution is -0.119. The van der Waals surface area contributed by atoms with E-state index in [4.69, 9.17) is 5.73 Å². The number of hydrazone groups is 1. The van der Waals surface area contributed by atoms with Gasteiger partial charge in [-0.15, -0.1) is 0 Å². The molecule has 9 heteroatoms. The van der Waals surface area contributed by atoms with E-state index in [0.717, 1.165) is 11.8 Å². The maximum absolute atomic E-state index is 12.8. The molecule has 0 radical (unpaired) electrons. The first-order valence-corrected chi connectivity index (χ1v) is 9.69. The fourth-order valence-electron chi connectivity index (χ4n) is 2.73. The molecule has 0 bridgehead atoms. The van der Waals surface area contributed by atoms with Gasteiger partial charge in [0.2, 0.25) is 5.91 Å². The molecule has 1 aliphatic heterocycles. The summed E-state index contributed by atoms with van der Waals surface area (Å²) in [6, 6.07) is 15.3. The summed E-state index contributed by atoms with van der Waals surface area (Å²) < 4.78 is 0. The standard InChI is InChI=1S/C20H21N5O3S/c1-24(2)20(28)29-17-11-7-6-10-14(17)22-19(27)15-12-16(18(21)26)25(23-15)13-8-4-3-5-9-13/h3-11,16H,12H2,1-2H3,(H2,21,26)(H,22,27). The van der Waals surface area contributed by atoms with E-state index in [-0.39, 0.29) is 17.4 Å². The minimum atomic E-state index is -0.738. The van der Waals surface area contributed by atoms with E-state index < -0.39 is 17.9 Å². The van der Waals surface area contributed by atoms with Crippen LogP contribution in [0.25, 0.3) is 0 Å². The zero-order valence-electron chi connectivity index (χ0n) is 16.0. The van der Waals surface area contributed by atoms with Crippen LogP contribution in [0.1, 0.15) is 6.42 Å². The summed E-state index contributed by atoms with van der Waals surface area (Å²) in [5.74, 6) is -1.01. The number of hydrogen-bond acceptors (Lipinski definition) is 6. The largest absolute Gasteiger partial charge is 0.368 e. The lowest BCUT2D eigenvalue weighted by atomic mass is 10.1. The maximum atomic E-state index is 12.8. The van der Waals surface area contributed by atoms with Gasteiger partial charge in [0.1, 0.15) is 11.8 Å². The van der Waals surface area contributed by atoms with Crippen LogP contribution in [0.4, 0.5) is 16.2 Å². The van der Waals surface area contributed by atoms with Crippen molar-refractivity contribution in [3.05, 3.63) is 54.6 Å². The van der Waals surface area contributed by atoms with E-state index in [0.29, 0.717) is 16.3 Å². The van der Waals surface area contributed by atoms with Crippen molar-refractivity contribution < 1.29 is 14.4 Å². The van der Waals surface area contributed by atoms with Gasteiger partial charge in [0.15, 0.2) is 0 Å². The summed E-state index contributed by atoms with van der Waals surface area (Å²) >= 11 is 1.01. The van der Waals surface area contributed by atoms with Crippen LogP contribution < -0.4 is 16.1 Å². The van der Waals surface area contributed by atoms with E-state index in [9.17, 15) is 14.4 Å². The zero-order chi connectivity index (χ0) is 21.0. The van der Waals surface area contributed by atoms with E-state index in [2.05, 4.69) is 10.4 Å². The first-order chi connectivity index (χ1) is 13.9. The lowest BCUT2D eigenvalue weighted by Gasteiger charge is -2.20. The number of carbonyl (C=O) groups excluding carboxylic acids is 3. The Bertz CT molecular complexity index is 962. The van der Waals surface area contributed by atoms with Crippen molar-refractivity contribution in [2.75, 3.05) is 24.4 Å². The summed E-state index contributed by atoms with van der Waals surface area (Å²) in [6.07, 6.45) is 0.0992. The van der Waals surface area contributed by atoms with E-state index in [1.807, 2.05) is 18.2 Å². The van der Waals surface area contributed by atoms with Gasteiger partial charge in [-0.25, -0.2) is 0 Å². The topological polar surface area (TPSA) is 108 Å². The predicted molar refractivity (Wildman–Crippen MR) is 114 cm³/mol. The molecule has 0 spiro atoms. The van der Waals surface area contributed by atoms with Crippen LogP contribution in [0, 0.1) is 0 Å². The van der Waals surface area contributed by atoms with Gasteiger partial charge in [-0.05, 0) is 36.0 Å². The molecule has 0 saturated heterocycles. The molecule has 1 aliphatic rings. The second kappa shape index (κ2) is 8.78. The third kappa shape index (κ3) is 4.75. The average Bonchev–Trinajstić information content (AvgIpc) is 3.16. The smallest absolute Gasteiger partial charge is 0.286 e. The molecule has 2 aromatic carbocycles. The summed E-state index contributed by atoms with van der Waals surface area (Å²) in [7, 11) is 3.32. The number of rotatable bonds is 5. The molecule has 29 heavy (non-hydrogen) atoms. The van der Waals surface area contributed by atoms with Gasteiger partial charge in [0.25, 0.3) is 11.1 Å². The predicted octanol–water partition coefficient (Wildman–Crippen LogP) is 2.52. The molecule has 0 saturated carbocycles. The third-order valence-electron chi connectivity index (χ3n) is 4.22. The van der Waals surface area contributed by atoms with Crippen molar-refractivity contribution in [1.29, 1.82) is 0 Å². The van der Waals surface area contributed by atoms with Crippen LogP contribution in [-0.2, 0) is 9.59 Å². The summed E-state index contributed by atoms with van der Waals surface area (Å²) in [6.45, 7) is 0. The first-order valence-electron chi connectivity index (χ1n) is 8.87. The van der Waals surface area contributed by atoms with Crippen molar-refractivity contribution >= 4 is 45.9 Å². The molecular weight excluding hydrogens is 390 g/mol. The molecular formula is C20H21N5O3S. The van der Waals surface area contributed by atoms with Crippen LogP contribution in [-0.4, -0.2) is 47.8 Å². The highest BCUT2D eigenvalue weighted by Gasteiger charge is 2.35. The average molecular weight is 411 g/mol. The summed E-state index contributed by atoms with van der Waals surface area (Å²) in [4.78, 5) is 38.8. The van der Waals surface area contributed by atoms with E-state index in [1.165, 1.54) is 9.91 Å². The van der Waals surface area contributed by atoms with E-state index >= 15 is 0 Å². The van der Waals surface area contributed by atoms with Gasteiger partial charge in [-0.2, -0.15) is 5.10 Å². The quantitative estimate of drug-likeness (QED) is 0.735. The zero-order valence-corrected chi connectivity index (χ0v) is 16.8. The number of nitrogens with one attached hydrogen (secondary N) is 1. The highest BCUT2D eigenvalue weighted by atomic mass is 32.2. The maximum Gasteiger partial charge on any atom is 0.286 e. The summed E-state index contributed by atoms with van der Waals surface area (Å²) in [5.41, 5.74) is 6.88. The molecule has 8 nitrogen and oxygen atoms in total. The molecule has 0 aliphatic carbocycles. The fraction of sp³-hybridized carbons (Fsp3) is 0.200. The SMILES string of the molecule is CN(C)C(=O)Sc1ccccc1NC(=O)C1=NN(c2ccccc2)C(C(N)=O)C1. The number of hydrogen-bond donors (Lipinski definition) is 2. The number of benzene rings is 2. The monoisotopic (exact) mass is 411 g/mol. The van der Waals surface area contributed by atoms with Gasteiger partial charge >= 0.3 is 0 Å². The minimum Gasteiger partial charge on any atom is -0.368 e. The van der Waals surface area contributed by atoms with Crippen LogP contribution in [0.15, 0.2) is 64.6 Å². The fourth-order valence-corrected chi connectivity index (χ4v) is 3.47. The second-order valence-corrected chi connectivity index (χ2v) is 7.55. The Balaban J connectivity index is 1.81. The Kier molecular flexibility index (Phi) is 6.18. The molecule has 0 aromatic heterocycles. The van der Waals surface area contributed by atoms with Gasteiger partial charge in [0, 0.05) is 25.4 Å². The van der Waals surface area contributed by atoms with Gasteiger partial charge in [0.05, 0.1) is 11.4 Å². The Morgan fingerprint density at radius 1 is 1.10 bits per heavy atom. The number of para-hydroxylation sites is 2. The van der Waals surface area contributed by atoms with Gasteiger partial charge in [-0.3, -0.25) is 19.4 Å². The molecule has 150 valence electrons. The number of anilines is 2. The number of nitrogens with two attached hydrogens (primary N) is 1. The van der Waals surface area contributed by atoms with Crippen LogP contribution in [0.2, 0.25) is 0 Å². The normalized spacial score (nSPS) is 15.6. The highest BCUT2D eigenvalue weighted by molar-refractivity contribution is 8.13. The molecule has 1 atom stereocenters. The molecule has 1 heterocycles.